The second-order valence-electron chi connectivity index (χ2n) is 8.49. The Bertz CT molecular complexity index is 436. The average molecular weight is 338 g/mol. The van der Waals surface area contributed by atoms with E-state index in [0.717, 1.165) is 32.5 Å². The molecule has 2 amide bonds. The summed E-state index contributed by atoms with van der Waals surface area (Å²) in [6.45, 7) is 12.4. The van der Waals surface area contributed by atoms with E-state index in [4.69, 9.17) is 0 Å². The number of hydrogen-bond donors (Lipinski definition) is 1. The van der Waals surface area contributed by atoms with Crippen LogP contribution in [-0.2, 0) is 9.59 Å². The Kier molecular flexibility index (Phi) is 6.67. The molecule has 0 aliphatic carbocycles. The molecule has 1 N–H and O–H groups in total. The van der Waals surface area contributed by atoms with E-state index in [1.54, 1.807) is 0 Å². The molecule has 0 aromatic rings. The molecule has 138 valence electrons. The molecular weight excluding hydrogens is 302 g/mol. The summed E-state index contributed by atoms with van der Waals surface area (Å²) in [7, 11) is 0. The smallest absolute Gasteiger partial charge is 0.227 e. The van der Waals surface area contributed by atoms with Gasteiger partial charge in [-0.25, -0.2) is 0 Å². The van der Waals surface area contributed by atoms with Crippen molar-refractivity contribution in [3.63, 3.8) is 0 Å². The van der Waals surface area contributed by atoms with Gasteiger partial charge in [-0.15, -0.1) is 0 Å². The summed E-state index contributed by atoms with van der Waals surface area (Å²) in [5.74, 6) is 0.427. The van der Waals surface area contributed by atoms with Gasteiger partial charge in [-0.05, 0) is 39.2 Å². The highest BCUT2D eigenvalue weighted by Crippen LogP contribution is 2.23. The predicted octanol–water partition coefficient (Wildman–Crippen LogP) is 2.26. The molecule has 0 aromatic heterocycles. The van der Waals surface area contributed by atoms with Crippen molar-refractivity contribution in [3.05, 3.63) is 0 Å². The van der Waals surface area contributed by atoms with Gasteiger partial charge in [0.2, 0.25) is 11.8 Å². The molecule has 0 radical (unpaired) electrons. The number of rotatable bonds is 4. The third kappa shape index (κ3) is 5.20. The second-order valence-corrected chi connectivity index (χ2v) is 8.49. The number of likely N-dealkylation sites (tertiary alicyclic amines) is 2. The molecular formula is C19H35N3O2. The molecule has 24 heavy (non-hydrogen) atoms. The van der Waals surface area contributed by atoms with Crippen molar-refractivity contribution < 1.29 is 9.59 Å². The minimum Gasteiger partial charge on any atom is -0.355 e. The Morgan fingerprint density at radius 3 is 2.29 bits per heavy atom. The van der Waals surface area contributed by atoms with Crippen LogP contribution in [0.1, 0.15) is 59.8 Å². The number of carbonyl (C=O) groups is 2. The van der Waals surface area contributed by atoms with Crippen LogP contribution in [0.3, 0.4) is 0 Å². The van der Waals surface area contributed by atoms with Crippen molar-refractivity contribution in [1.29, 1.82) is 0 Å². The topological polar surface area (TPSA) is 52.7 Å². The van der Waals surface area contributed by atoms with Crippen LogP contribution in [0.25, 0.3) is 0 Å². The lowest BCUT2D eigenvalue weighted by Crippen LogP contribution is -2.47. The molecule has 0 bridgehead atoms. The molecule has 0 aromatic carbocycles. The lowest BCUT2D eigenvalue weighted by atomic mass is 9.90. The molecule has 0 saturated carbocycles. The van der Waals surface area contributed by atoms with Crippen LogP contribution >= 0.6 is 0 Å². The molecule has 0 unspecified atom stereocenters. The van der Waals surface area contributed by atoms with E-state index in [1.807, 2.05) is 25.7 Å². The summed E-state index contributed by atoms with van der Waals surface area (Å²) >= 11 is 0. The van der Waals surface area contributed by atoms with Crippen molar-refractivity contribution in [2.45, 2.75) is 65.8 Å². The van der Waals surface area contributed by atoms with E-state index >= 15 is 0 Å². The van der Waals surface area contributed by atoms with Crippen LogP contribution < -0.4 is 5.32 Å². The highest BCUT2D eigenvalue weighted by molar-refractivity contribution is 5.82. The molecule has 2 rings (SSSR count). The first-order chi connectivity index (χ1) is 11.3. The summed E-state index contributed by atoms with van der Waals surface area (Å²) in [6, 6.07) is 0.641. The molecule has 5 heteroatoms. The van der Waals surface area contributed by atoms with Crippen LogP contribution in [0.2, 0.25) is 0 Å². The first-order valence-corrected chi connectivity index (χ1v) is 9.60. The number of carbonyl (C=O) groups excluding carboxylic acids is 2. The van der Waals surface area contributed by atoms with Gasteiger partial charge in [-0.2, -0.15) is 0 Å². The summed E-state index contributed by atoms with van der Waals surface area (Å²) in [5, 5.41) is 3.11. The average Bonchev–Trinajstić information content (AvgIpc) is 2.55. The van der Waals surface area contributed by atoms with Crippen LogP contribution in [0, 0.1) is 11.3 Å². The minimum atomic E-state index is -0.333. The van der Waals surface area contributed by atoms with Gasteiger partial charge in [-0.3, -0.25) is 14.5 Å². The van der Waals surface area contributed by atoms with Crippen molar-refractivity contribution in [3.8, 4) is 0 Å². The Balaban J connectivity index is 1.68. The van der Waals surface area contributed by atoms with Crippen molar-refractivity contribution in [1.82, 2.24) is 15.1 Å². The fraction of sp³-hybridized carbons (Fsp3) is 0.895. The highest BCUT2D eigenvalue weighted by Gasteiger charge is 2.32. The number of piperidine rings is 2. The lowest BCUT2D eigenvalue weighted by molar-refractivity contribution is -0.142. The second kappa shape index (κ2) is 8.32. The Labute approximate surface area is 147 Å². The SMILES string of the molecule is C[C@@H]1CCCCN1CCNC(=O)C1CCN(C(=O)C(C)(C)C)CC1. The molecule has 0 spiro atoms. The fourth-order valence-electron chi connectivity index (χ4n) is 3.78. The first-order valence-electron chi connectivity index (χ1n) is 9.60. The molecule has 2 aliphatic heterocycles. The van der Waals surface area contributed by atoms with E-state index in [9.17, 15) is 9.59 Å². The van der Waals surface area contributed by atoms with Crippen LogP contribution in [0.15, 0.2) is 0 Å². The zero-order chi connectivity index (χ0) is 17.7. The third-order valence-corrected chi connectivity index (χ3v) is 5.43. The maximum atomic E-state index is 12.4. The van der Waals surface area contributed by atoms with E-state index in [0.29, 0.717) is 19.1 Å². The highest BCUT2D eigenvalue weighted by atomic mass is 16.2. The van der Waals surface area contributed by atoms with Gasteiger partial charge in [0, 0.05) is 43.6 Å². The van der Waals surface area contributed by atoms with Gasteiger partial charge in [0.05, 0.1) is 0 Å². The monoisotopic (exact) mass is 337 g/mol. The van der Waals surface area contributed by atoms with Crippen molar-refractivity contribution >= 4 is 11.8 Å². The maximum Gasteiger partial charge on any atom is 0.227 e. The van der Waals surface area contributed by atoms with Gasteiger partial charge in [0.25, 0.3) is 0 Å². The zero-order valence-corrected chi connectivity index (χ0v) is 15.9. The summed E-state index contributed by atoms with van der Waals surface area (Å²) < 4.78 is 0. The van der Waals surface area contributed by atoms with E-state index < -0.39 is 0 Å². The minimum absolute atomic E-state index is 0.0628. The van der Waals surface area contributed by atoms with Crippen molar-refractivity contribution in [2.75, 3.05) is 32.7 Å². The first kappa shape index (κ1) is 19.2. The number of nitrogens with one attached hydrogen (secondary N) is 1. The molecule has 2 fully saturated rings. The Morgan fingerprint density at radius 1 is 1.04 bits per heavy atom. The Morgan fingerprint density at radius 2 is 1.71 bits per heavy atom. The number of amides is 2. The standard InChI is InChI=1S/C19H35N3O2/c1-15-7-5-6-11-21(15)14-10-20-17(23)16-8-12-22(13-9-16)18(24)19(2,3)4/h15-16H,5-14H2,1-4H3,(H,20,23)/t15-/m1/s1. The van der Waals surface area contributed by atoms with Gasteiger partial charge >= 0.3 is 0 Å². The quantitative estimate of drug-likeness (QED) is 0.856. The zero-order valence-electron chi connectivity index (χ0n) is 15.9. The summed E-state index contributed by atoms with van der Waals surface area (Å²) in [4.78, 5) is 29.1. The molecule has 1 atom stereocenters. The summed E-state index contributed by atoms with van der Waals surface area (Å²) in [5.41, 5.74) is -0.333. The predicted molar refractivity (Wildman–Crippen MR) is 96.7 cm³/mol. The van der Waals surface area contributed by atoms with E-state index in [-0.39, 0.29) is 23.1 Å². The van der Waals surface area contributed by atoms with Gasteiger partial charge in [0.15, 0.2) is 0 Å². The number of nitrogens with zero attached hydrogens (tertiary/aromatic N) is 2. The Hall–Kier alpha value is -1.10. The van der Waals surface area contributed by atoms with Crippen LogP contribution in [-0.4, -0.2) is 60.4 Å². The lowest BCUT2D eigenvalue weighted by Gasteiger charge is -2.35. The number of hydrogen-bond acceptors (Lipinski definition) is 3. The molecule has 5 nitrogen and oxygen atoms in total. The van der Waals surface area contributed by atoms with Gasteiger partial charge < -0.3 is 10.2 Å². The van der Waals surface area contributed by atoms with Crippen LogP contribution in [0.4, 0.5) is 0 Å². The molecule has 2 heterocycles. The molecule has 2 aliphatic rings. The van der Waals surface area contributed by atoms with E-state index in [1.165, 1.54) is 19.3 Å². The largest absolute Gasteiger partial charge is 0.355 e. The van der Waals surface area contributed by atoms with Gasteiger partial charge in [-0.1, -0.05) is 27.2 Å². The normalized spacial score (nSPS) is 24.0. The van der Waals surface area contributed by atoms with Crippen molar-refractivity contribution in [2.24, 2.45) is 11.3 Å². The van der Waals surface area contributed by atoms with Crippen LogP contribution in [0.5, 0.6) is 0 Å². The fourth-order valence-corrected chi connectivity index (χ4v) is 3.78. The maximum absolute atomic E-state index is 12.4. The summed E-state index contributed by atoms with van der Waals surface area (Å²) in [6.07, 6.45) is 5.45. The third-order valence-electron chi connectivity index (χ3n) is 5.43. The van der Waals surface area contributed by atoms with E-state index in [2.05, 4.69) is 17.1 Å². The molecule has 2 saturated heterocycles. The van der Waals surface area contributed by atoms with Gasteiger partial charge in [0.1, 0.15) is 0 Å².